The van der Waals surface area contributed by atoms with E-state index in [1.807, 2.05) is 6.07 Å². The summed E-state index contributed by atoms with van der Waals surface area (Å²) in [7, 11) is 1.48. The lowest BCUT2D eigenvalue weighted by atomic mass is 10.00. The van der Waals surface area contributed by atoms with Crippen LogP contribution in [-0.4, -0.2) is 20.7 Å². The first kappa shape index (κ1) is 15.9. The Morgan fingerprint density at radius 2 is 2.09 bits per heavy atom. The fraction of sp³-hybridized carbons (Fsp3) is 0.333. The molecule has 1 aliphatic carbocycles. The summed E-state index contributed by atoms with van der Waals surface area (Å²) < 4.78 is 39.1. The van der Waals surface area contributed by atoms with Gasteiger partial charge in [0.1, 0.15) is 5.56 Å². The van der Waals surface area contributed by atoms with Crippen LogP contribution in [0.4, 0.5) is 13.2 Å². The van der Waals surface area contributed by atoms with Crippen LogP contribution >= 0.6 is 11.6 Å². The minimum absolute atomic E-state index is 0.00920. The number of hydrogen-bond donors (Lipinski definition) is 1. The quantitative estimate of drug-likeness (QED) is 0.864. The van der Waals surface area contributed by atoms with Crippen LogP contribution in [-0.2, 0) is 13.2 Å². The largest absolute Gasteiger partial charge is 0.493 e. The summed E-state index contributed by atoms with van der Waals surface area (Å²) in [5, 5.41) is 13.7. The predicted octanol–water partition coefficient (Wildman–Crippen LogP) is 3.71. The number of halogens is 4. The van der Waals surface area contributed by atoms with Crippen LogP contribution in [0.2, 0.25) is 5.02 Å². The molecule has 1 fully saturated rings. The van der Waals surface area contributed by atoms with E-state index in [9.17, 15) is 23.1 Å². The molecule has 1 radical (unpaired) electrons. The minimum Gasteiger partial charge on any atom is -0.493 e. The van der Waals surface area contributed by atoms with Crippen molar-refractivity contribution in [2.45, 2.75) is 24.9 Å². The molecule has 1 aromatic carbocycles. The SMILES string of the molecule is Cn1nc(C2CC2)c(C(=O)c2ccc(C(F)(F)F)[c]c2Cl)c1O. The molecule has 0 unspecified atom stereocenters. The second-order valence-corrected chi connectivity index (χ2v) is 5.79. The van der Waals surface area contributed by atoms with Gasteiger partial charge in [0, 0.05) is 24.6 Å². The molecule has 1 aliphatic rings. The number of hydrogen-bond acceptors (Lipinski definition) is 3. The molecule has 0 saturated heterocycles. The molecule has 3 rings (SSSR count). The van der Waals surface area contributed by atoms with Crippen molar-refractivity contribution in [1.82, 2.24) is 9.78 Å². The molecule has 0 aliphatic heterocycles. The zero-order valence-corrected chi connectivity index (χ0v) is 12.7. The van der Waals surface area contributed by atoms with Crippen molar-refractivity contribution in [3.8, 4) is 5.88 Å². The van der Waals surface area contributed by atoms with Crippen LogP contribution in [0.1, 0.15) is 45.9 Å². The molecule has 1 saturated carbocycles. The van der Waals surface area contributed by atoms with Gasteiger partial charge in [-0.2, -0.15) is 18.3 Å². The van der Waals surface area contributed by atoms with Crippen LogP contribution < -0.4 is 0 Å². The number of aromatic nitrogens is 2. The zero-order chi connectivity index (χ0) is 16.9. The number of carbonyl (C=O) groups is 1. The van der Waals surface area contributed by atoms with Gasteiger partial charge in [-0.15, -0.1) is 0 Å². The van der Waals surface area contributed by atoms with Crippen molar-refractivity contribution >= 4 is 17.4 Å². The average Bonchev–Trinajstić information content (AvgIpc) is 3.25. The highest BCUT2D eigenvalue weighted by Gasteiger charge is 2.36. The van der Waals surface area contributed by atoms with Gasteiger partial charge in [-0.05, 0) is 25.0 Å². The van der Waals surface area contributed by atoms with Crippen molar-refractivity contribution < 1.29 is 23.1 Å². The molecule has 4 nitrogen and oxygen atoms in total. The Morgan fingerprint density at radius 3 is 2.61 bits per heavy atom. The fourth-order valence-electron chi connectivity index (χ4n) is 2.34. The van der Waals surface area contributed by atoms with Gasteiger partial charge in [-0.25, -0.2) is 4.68 Å². The standard InChI is InChI=1S/C15H11ClF3N2O2/c1-21-14(23)11(12(20-21)7-2-3-7)13(22)9-5-4-8(6-10(9)16)15(17,18)19/h4-5,7,23H,2-3H2,1H3. The molecule has 0 atom stereocenters. The summed E-state index contributed by atoms with van der Waals surface area (Å²) >= 11 is 5.80. The second-order valence-electron chi connectivity index (χ2n) is 5.41. The predicted molar refractivity (Wildman–Crippen MR) is 75.6 cm³/mol. The third-order valence-corrected chi connectivity index (χ3v) is 3.98. The van der Waals surface area contributed by atoms with E-state index < -0.39 is 22.5 Å². The lowest BCUT2D eigenvalue weighted by Gasteiger charge is -2.09. The Labute approximate surface area is 134 Å². The maximum atomic E-state index is 12.6. The van der Waals surface area contributed by atoms with Gasteiger partial charge in [-0.3, -0.25) is 4.79 Å². The Bertz CT molecular complexity index is 795. The van der Waals surface area contributed by atoms with Gasteiger partial charge in [0.15, 0.2) is 0 Å². The molecule has 0 amide bonds. The molecule has 23 heavy (non-hydrogen) atoms. The van der Waals surface area contributed by atoms with Gasteiger partial charge in [0.05, 0.1) is 16.3 Å². The monoisotopic (exact) mass is 343 g/mol. The molecule has 1 N–H and O–H groups in total. The molecule has 0 spiro atoms. The Kier molecular flexibility index (Phi) is 3.63. The smallest absolute Gasteiger partial charge is 0.417 e. The molecule has 121 valence electrons. The van der Waals surface area contributed by atoms with Crippen molar-refractivity contribution in [2.75, 3.05) is 0 Å². The summed E-state index contributed by atoms with van der Waals surface area (Å²) in [6.45, 7) is 0. The highest BCUT2D eigenvalue weighted by Crippen LogP contribution is 2.44. The minimum atomic E-state index is -4.60. The van der Waals surface area contributed by atoms with E-state index in [0.29, 0.717) is 5.69 Å². The third kappa shape index (κ3) is 2.81. The van der Waals surface area contributed by atoms with Gasteiger partial charge < -0.3 is 5.11 Å². The number of benzene rings is 1. The number of nitrogens with zero attached hydrogens (tertiary/aromatic N) is 2. The highest BCUT2D eigenvalue weighted by atomic mass is 35.5. The summed E-state index contributed by atoms with van der Waals surface area (Å²) in [4.78, 5) is 12.6. The second kappa shape index (κ2) is 5.26. The normalized spacial score (nSPS) is 15.0. The maximum absolute atomic E-state index is 12.6. The van der Waals surface area contributed by atoms with Gasteiger partial charge >= 0.3 is 6.18 Å². The number of ketones is 1. The van der Waals surface area contributed by atoms with Crippen molar-refractivity contribution in [2.24, 2.45) is 7.05 Å². The van der Waals surface area contributed by atoms with Crippen molar-refractivity contribution in [3.63, 3.8) is 0 Å². The van der Waals surface area contributed by atoms with E-state index >= 15 is 0 Å². The van der Waals surface area contributed by atoms with E-state index in [1.54, 1.807) is 0 Å². The fourth-order valence-corrected chi connectivity index (χ4v) is 2.59. The first-order valence-corrected chi connectivity index (χ1v) is 7.17. The highest BCUT2D eigenvalue weighted by molar-refractivity contribution is 6.35. The molecule has 1 aromatic heterocycles. The number of alkyl halides is 3. The summed E-state index contributed by atoms with van der Waals surface area (Å²) in [6.07, 6.45) is -2.89. The van der Waals surface area contributed by atoms with Gasteiger partial charge in [0.25, 0.3) is 0 Å². The lowest BCUT2D eigenvalue weighted by Crippen LogP contribution is -2.09. The Hall–Kier alpha value is -2.02. The van der Waals surface area contributed by atoms with Crippen LogP contribution in [0, 0.1) is 6.07 Å². The van der Waals surface area contributed by atoms with E-state index in [1.165, 1.54) is 11.7 Å². The Morgan fingerprint density at radius 1 is 1.43 bits per heavy atom. The van der Waals surface area contributed by atoms with Crippen LogP contribution in [0.25, 0.3) is 0 Å². The van der Waals surface area contributed by atoms with Gasteiger partial charge in [0.2, 0.25) is 11.7 Å². The maximum Gasteiger partial charge on any atom is 0.417 e. The van der Waals surface area contributed by atoms with Crippen LogP contribution in [0.5, 0.6) is 5.88 Å². The number of rotatable bonds is 3. The van der Waals surface area contributed by atoms with E-state index in [2.05, 4.69) is 5.10 Å². The molecular formula is C15H11ClF3N2O2. The van der Waals surface area contributed by atoms with Crippen molar-refractivity contribution in [3.05, 3.63) is 45.6 Å². The van der Waals surface area contributed by atoms with Crippen LogP contribution in [0.3, 0.4) is 0 Å². The lowest BCUT2D eigenvalue weighted by molar-refractivity contribution is -0.137. The molecular weight excluding hydrogens is 333 g/mol. The van der Waals surface area contributed by atoms with E-state index in [0.717, 1.165) is 25.0 Å². The van der Waals surface area contributed by atoms with Crippen molar-refractivity contribution in [1.29, 1.82) is 0 Å². The summed E-state index contributed by atoms with van der Waals surface area (Å²) in [5.74, 6) is -0.904. The number of aryl methyl sites for hydroxylation is 1. The summed E-state index contributed by atoms with van der Waals surface area (Å²) in [6, 6.07) is 3.70. The van der Waals surface area contributed by atoms with Crippen LogP contribution in [0.15, 0.2) is 12.1 Å². The Balaban J connectivity index is 2.05. The first-order chi connectivity index (χ1) is 10.7. The summed E-state index contributed by atoms with van der Waals surface area (Å²) in [5.41, 5.74) is -0.766. The first-order valence-electron chi connectivity index (χ1n) is 6.79. The molecule has 0 bridgehead atoms. The number of aromatic hydroxyl groups is 1. The average molecular weight is 344 g/mol. The van der Waals surface area contributed by atoms with E-state index in [-0.39, 0.29) is 22.9 Å². The topological polar surface area (TPSA) is 55.1 Å². The molecule has 8 heteroatoms. The zero-order valence-electron chi connectivity index (χ0n) is 11.9. The molecule has 2 aromatic rings. The molecule has 1 heterocycles. The number of carbonyl (C=O) groups excluding carboxylic acids is 1. The third-order valence-electron chi connectivity index (χ3n) is 3.68. The van der Waals surface area contributed by atoms with E-state index in [4.69, 9.17) is 11.6 Å². The van der Waals surface area contributed by atoms with Gasteiger partial charge in [-0.1, -0.05) is 11.6 Å².